The number of para-hydroxylation sites is 1. The molecule has 80 valence electrons. The number of thioether (sulfide) groups is 2. The van der Waals surface area contributed by atoms with E-state index in [-0.39, 0.29) is 5.78 Å². The molecular weight excluding hydrogens is 226 g/mol. The predicted octanol–water partition coefficient (Wildman–Crippen LogP) is 2.83. The van der Waals surface area contributed by atoms with Crippen LogP contribution in [0.5, 0.6) is 0 Å². The molecule has 0 saturated heterocycles. The van der Waals surface area contributed by atoms with E-state index < -0.39 is 0 Å². The minimum atomic E-state index is 0.241. The average Bonchev–Trinajstić information content (AvgIpc) is 2.54. The normalized spacial score (nSPS) is 19.1. The first-order valence-electron chi connectivity index (χ1n) is 4.78. The Balaban J connectivity index is 2.06. The number of nitrogens with zero attached hydrogens (tertiary/aromatic N) is 1. The van der Waals surface area contributed by atoms with Crippen LogP contribution in [0.25, 0.3) is 0 Å². The molecule has 1 atom stereocenters. The Morgan fingerprint density at radius 2 is 2.27 bits per heavy atom. The van der Waals surface area contributed by atoms with Crippen molar-refractivity contribution in [2.75, 3.05) is 17.7 Å². The molecule has 1 aliphatic rings. The Hall–Kier alpha value is -0.610. The van der Waals surface area contributed by atoms with Crippen LogP contribution in [-0.2, 0) is 4.79 Å². The van der Waals surface area contributed by atoms with Gasteiger partial charge < -0.3 is 4.90 Å². The van der Waals surface area contributed by atoms with Gasteiger partial charge in [0.2, 0.25) is 0 Å². The van der Waals surface area contributed by atoms with Gasteiger partial charge in [-0.25, -0.2) is 0 Å². The van der Waals surface area contributed by atoms with Crippen LogP contribution in [0.2, 0.25) is 0 Å². The van der Waals surface area contributed by atoms with Crippen molar-refractivity contribution in [2.45, 2.75) is 16.5 Å². The van der Waals surface area contributed by atoms with Crippen molar-refractivity contribution in [3.8, 4) is 0 Å². The third-order valence-corrected chi connectivity index (χ3v) is 5.21. The van der Waals surface area contributed by atoms with Crippen LogP contribution >= 0.6 is 23.5 Å². The summed E-state index contributed by atoms with van der Waals surface area (Å²) in [7, 11) is 2.08. The van der Waals surface area contributed by atoms with Crippen molar-refractivity contribution in [1.82, 2.24) is 0 Å². The third kappa shape index (κ3) is 2.32. The Labute approximate surface area is 98.4 Å². The van der Waals surface area contributed by atoms with Crippen molar-refractivity contribution in [2.24, 2.45) is 0 Å². The molecule has 15 heavy (non-hydrogen) atoms. The molecule has 2 nitrogen and oxygen atoms in total. The quantitative estimate of drug-likeness (QED) is 0.808. The van der Waals surface area contributed by atoms with Gasteiger partial charge in [0.25, 0.3) is 0 Å². The summed E-state index contributed by atoms with van der Waals surface area (Å²) >= 11 is 3.52. The maximum absolute atomic E-state index is 10.9. The minimum Gasteiger partial charge on any atom is -0.353 e. The van der Waals surface area contributed by atoms with E-state index in [9.17, 15) is 4.79 Å². The van der Waals surface area contributed by atoms with Gasteiger partial charge in [0, 0.05) is 11.9 Å². The van der Waals surface area contributed by atoms with Crippen LogP contribution in [0, 0.1) is 0 Å². The maximum Gasteiger partial charge on any atom is 0.139 e. The number of hydrogen-bond acceptors (Lipinski definition) is 4. The van der Waals surface area contributed by atoms with E-state index in [1.807, 2.05) is 17.8 Å². The molecule has 0 aliphatic carbocycles. The van der Waals surface area contributed by atoms with Crippen molar-refractivity contribution in [1.29, 1.82) is 0 Å². The molecule has 1 aromatic rings. The zero-order valence-electron chi connectivity index (χ0n) is 8.77. The van der Waals surface area contributed by atoms with Crippen LogP contribution in [-0.4, -0.2) is 23.3 Å². The largest absolute Gasteiger partial charge is 0.353 e. The maximum atomic E-state index is 10.9. The lowest BCUT2D eigenvalue weighted by atomic mass is 10.3. The van der Waals surface area contributed by atoms with Crippen molar-refractivity contribution < 1.29 is 4.79 Å². The predicted molar refractivity (Wildman–Crippen MR) is 67.6 cm³/mol. The topological polar surface area (TPSA) is 20.3 Å². The molecule has 1 aromatic carbocycles. The second kappa shape index (κ2) is 4.49. The molecule has 0 spiro atoms. The number of hydrogen-bond donors (Lipinski definition) is 0. The van der Waals surface area contributed by atoms with Gasteiger partial charge in [0.05, 0.1) is 11.4 Å². The summed E-state index contributed by atoms with van der Waals surface area (Å²) in [6, 6.07) is 8.35. The van der Waals surface area contributed by atoms with Gasteiger partial charge >= 0.3 is 0 Å². The van der Waals surface area contributed by atoms with E-state index in [0.29, 0.717) is 10.5 Å². The second-order valence-electron chi connectivity index (χ2n) is 3.52. The number of benzene rings is 1. The SMILES string of the molecule is CC(=O)CSC1Sc2ccccc2N1C. The molecule has 1 heterocycles. The second-order valence-corrected chi connectivity index (χ2v) is 6.01. The zero-order valence-corrected chi connectivity index (χ0v) is 10.4. The highest BCUT2D eigenvalue weighted by Gasteiger charge is 2.27. The molecule has 0 saturated carbocycles. The standard InChI is InChI=1S/C11H13NOS2/c1-8(13)7-14-11-12(2)9-5-3-4-6-10(9)15-11/h3-6,11H,7H2,1-2H3. The first-order chi connectivity index (χ1) is 7.18. The van der Waals surface area contributed by atoms with Gasteiger partial charge in [-0.2, -0.15) is 0 Å². The number of carbonyl (C=O) groups excluding carboxylic acids is 1. The Morgan fingerprint density at radius 3 is 2.93 bits per heavy atom. The van der Waals surface area contributed by atoms with Crippen LogP contribution < -0.4 is 4.90 Å². The molecule has 0 N–H and O–H groups in total. The summed E-state index contributed by atoms with van der Waals surface area (Å²) in [5, 5.41) is 0. The van der Waals surface area contributed by atoms with Gasteiger partial charge in [0.15, 0.2) is 0 Å². The fraction of sp³-hybridized carbons (Fsp3) is 0.364. The van der Waals surface area contributed by atoms with Gasteiger partial charge in [0.1, 0.15) is 10.5 Å². The van der Waals surface area contributed by atoms with E-state index in [1.165, 1.54) is 10.6 Å². The van der Waals surface area contributed by atoms with Crippen LogP contribution in [0.3, 0.4) is 0 Å². The lowest BCUT2D eigenvalue weighted by Crippen LogP contribution is -2.22. The third-order valence-electron chi connectivity index (χ3n) is 2.22. The summed E-state index contributed by atoms with van der Waals surface area (Å²) in [5.41, 5.74) is 1.27. The number of rotatable bonds is 3. The molecule has 4 heteroatoms. The fourth-order valence-corrected chi connectivity index (χ4v) is 3.96. The lowest BCUT2D eigenvalue weighted by Gasteiger charge is -2.20. The average molecular weight is 239 g/mol. The molecule has 0 bridgehead atoms. The van der Waals surface area contributed by atoms with E-state index >= 15 is 0 Å². The molecule has 0 radical (unpaired) electrons. The van der Waals surface area contributed by atoms with Crippen LogP contribution in [0.15, 0.2) is 29.2 Å². The first-order valence-corrected chi connectivity index (χ1v) is 6.71. The van der Waals surface area contributed by atoms with E-state index in [4.69, 9.17) is 0 Å². The number of fused-ring (bicyclic) bond motifs is 1. The highest BCUT2D eigenvalue weighted by Crippen LogP contribution is 2.46. The van der Waals surface area contributed by atoms with Crippen molar-refractivity contribution in [3.05, 3.63) is 24.3 Å². The number of Topliss-reactive ketones (excluding diaryl/α,β-unsaturated/α-hetero) is 1. The summed E-state index contributed by atoms with van der Waals surface area (Å²) in [6.45, 7) is 1.64. The smallest absolute Gasteiger partial charge is 0.139 e. The van der Waals surface area contributed by atoms with E-state index in [0.717, 1.165) is 0 Å². The minimum absolute atomic E-state index is 0.241. The molecule has 1 aliphatic heterocycles. The van der Waals surface area contributed by atoms with Gasteiger partial charge in [-0.15, -0.1) is 11.8 Å². The van der Waals surface area contributed by atoms with Crippen LogP contribution in [0.1, 0.15) is 6.92 Å². The fourth-order valence-electron chi connectivity index (χ4n) is 1.48. The molecular formula is C11H13NOS2. The van der Waals surface area contributed by atoms with Gasteiger partial charge in [-0.05, 0) is 19.1 Å². The molecule has 2 rings (SSSR count). The highest BCUT2D eigenvalue weighted by atomic mass is 32.2. The zero-order chi connectivity index (χ0) is 10.8. The number of carbonyl (C=O) groups is 1. The monoisotopic (exact) mass is 239 g/mol. The lowest BCUT2D eigenvalue weighted by molar-refractivity contribution is -0.114. The number of anilines is 1. The molecule has 0 fully saturated rings. The summed E-state index contributed by atoms with van der Waals surface area (Å²) < 4.78 is 0.339. The van der Waals surface area contributed by atoms with Crippen molar-refractivity contribution >= 4 is 35.0 Å². The molecule has 0 aromatic heterocycles. The summed E-state index contributed by atoms with van der Waals surface area (Å²) in [6.07, 6.45) is 0. The van der Waals surface area contributed by atoms with Gasteiger partial charge in [-0.1, -0.05) is 23.9 Å². The van der Waals surface area contributed by atoms with E-state index in [2.05, 4.69) is 30.1 Å². The molecule has 1 unspecified atom stereocenters. The first kappa shape index (κ1) is 10.9. The Bertz CT molecular complexity index is 381. The summed E-state index contributed by atoms with van der Waals surface area (Å²) in [5.74, 6) is 0.834. The van der Waals surface area contributed by atoms with Crippen LogP contribution in [0.4, 0.5) is 5.69 Å². The molecule has 0 amide bonds. The Kier molecular flexibility index (Phi) is 3.26. The van der Waals surface area contributed by atoms with Gasteiger partial charge in [-0.3, -0.25) is 4.79 Å². The summed E-state index contributed by atoms with van der Waals surface area (Å²) in [4.78, 5) is 14.5. The number of ketones is 1. The van der Waals surface area contributed by atoms with E-state index in [1.54, 1.807) is 18.7 Å². The Morgan fingerprint density at radius 1 is 1.53 bits per heavy atom. The van der Waals surface area contributed by atoms with Crippen molar-refractivity contribution in [3.63, 3.8) is 0 Å². The highest BCUT2D eigenvalue weighted by molar-refractivity contribution is 8.17.